The quantitative estimate of drug-likeness (QED) is 0.169. The van der Waals surface area contributed by atoms with Crippen LogP contribution in [-0.2, 0) is 15.0 Å². The summed E-state index contributed by atoms with van der Waals surface area (Å²) in [6, 6.07) is 19.1. The number of fused-ring (bicyclic) bond motifs is 1. The molecule has 1 aliphatic rings. The molecule has 0 bridgehead atoms. The smallest absolute Gasteiger partial charge is 0.300 e. The van der Waals surface area contributed by atoms with Gasteiger partial charge in [0.1, 0.15) is 11.5 Å². The molecule has 1 atom stereocenters. The van der Waals surface area contributed by atoms with Crippen molar-refractivity contribution in [2.75, 3.05) is 12.0 Å². The molecule has 2 heterocycles. The molecule has 1 amide bonds. The number of aliphatic hydroxyl groups is 1. The molecule has 0 radical (unpaired) electrons. The summed E-state index contributed by atoms with van der Waals surface area (Å²) in [5.74, 6) is -1.40. The van der Waals surface area contributed by atoms with Gasteiger partial charge in [-0.1, -0.05) is 62.7 Å². The fraction of sp³-hybridized carbons (Fsp3) is 0.226. The van der Waals surface area contributed by atoms with Crippen molar-refractivity contribution in [2.24, 2.45) is 0 Å². The zero-order valence-corrected chi connectivity index (χ0v) is 22.7. The Labute approximate surface area is 226 Å². The molecule has 1 aromatic heterocycles. The minimum atomic E-state index is -0.896. The highest BCUT2D eigenvalue weighted by Crippen LogP contribution is 2.47. The highest BCUT2D eigenvalue weighted by molar-refractivity contribution is 6.52. The van der Waals surface area contributed by atoms with Crippen molar-refractivity contribution < 1.29 is 19.4 Å². The number of hydrogen-bond donors (Lipinski definition) is 2. The van der Waals surface area contributed by atoms with E-state index in [2.05, 4.69) is 25.8 Å². The van der Waals surface area contributed by atoms with E-state index in [-0.39, 0.29) is 16.7 Å². The summed E-state index contributed by atoms with van der Waals surface area (Å²) in [6.07, 6.45) is 0. The van der Waals surface area contributed by atoms with Crippen LogP contribution in [-0.4, -0.2) is 28.9 Å². The van der Waals surface area contributed by atoms with E-state index < -0.39 is 17.7 Å². The van der Waals surface area contributed by atoms with Crippen LogP contribution in [0.25, 0.3) is 16.7 Å². The van der Waals surface area contributed by atoms with Crippen LogP contribution in [0.2, 0.25) is 5.02 Å². The summed E-state index contributed by atoms with van der Waals surface area (Å²) in [6.45, 7) is 8.08. The zero-order chi connectivity index (χ0) is 27.4. The van der Waals surface area contributed by atoms with Gasteiger partial charge in [-0.3, -0.25) is 14.5 Å². The third kappa shape index (κ3) is 4.15. The number of anilines is 1. The molecule has 1 saturated heterocycles. The number of halogens is 1. The number of ether oxygens (including phenoxy) is 1. The fourth-order valence-corrected chi connectivity index (χ4v) is 5.34. The van der Waals surface area contributed by atoms with E-state index in [1.54, 1.807) is 30.3 Å². The number of rotatable bonds is 4. The van der Waals surface area contributed by atoms with Crippen LogP contribution >= 0.6 is 11.6 Å². The fourth-order valence-electron chi connectivity index (χ4n) is 5.15. The predicted octanol–water partition coefficient (Wildman–Crippen LogP) is 7.06. The van der Waals surface area contributed by atoms with Crippen molar-refractivity contribution >= 4 is 45.6 Å². The molecule has 4 aromatic rings. The summed E-state index contributed by atoms with van der Waals surface area (Å²) in [5.41, 5.74) is 3.91. The Balaban J connectivity index is 1.84. The molecular weight excluding hydrogens is 500 g/mol. The molecule has 0 saturated carbocycles. The van der Waals surface area contributed by atoms with Gasteiger partial charge in [0, 0.05) is 32.9 Å². The molecule has 7 heteroatoms. The summed E-state index contributed by atoms with van der Waals surface area (Å²) in [4.78, 5) is 32.2. The van der Waals surface area contributed by atoms with E-state index in [9.17, 15) is 14.7 Å². The van der Waals surface area contributed by atoms with Crippen molar-refractivity contribution in [1.82, 2.24) is 4.98 Å². The number of methoxy groups -OCH3 is 1. The number of carbonyl (C=O) groups is 2. The number of para-hydroxylation sites is 1. The molecule has 1 unspecified atom stereocenters. The highest BCUT2D eigenvalue weighted by atomic mass is 35.5. The van der Waals surface area contributed by atoms with Crippen LogP contribution in [0.1, 0.15) is 49.2 Å². The van der Waals surface area contributed by atoms with Crippen LogP contribution in [0, 0.1) is 6.92 Å². The summed E-state index contributed by atoms with van der Waals surface area (Å²) in [7, 11) is 1.51. The van der Waals surface area contributed by atoms with Crippen molar-refractivity contribution in [3.05, 3.63) is 99.7 Å². The second-order valence-corrected chi connectivity index (χ2v) is 11.0. The molecule has 6 nitrogen and oxygen atoms in total. The maximum atomic E-state index is 13.7. The molecule has 1 aliphatic heterocycles. The maximum absolute atomic E-state index is 13.7. The van der Waals surface area contributed by atoms with Crippen LogP contribution in [0.4, 0.5) is 5.69 Å². The number of H-pyrrole nitrogens is 1. The number of benzene rings is 3. The van der Waals surface area contributed by atoms with Gasteiger partial charge in [0.2, 0.25) is 0 Å². The third-order valence-corrected chi connectivity index (χ3v) is 7.30. The van der Waals surface area contributed by atoms with E-state index in [4.69, 9.17) is 16.3 Å². The molecule has 0 aliphatic carbocycles. The number of amides is 1. The van der Waals surface area contributed by atoms with Crippen LogP contribution in [0.3, 0.4) is 0 Å². The number of nitrogens with zero attached hydrogens (tertiary/aromatic N) is 1. The first-order valence-corrected chi connectivity index (χ1v) is 12.7. The average Bonchev–Trinajstić information content (AvgIpc) is 3.34. The van der Waals surface area contributed by atoms with Crippen molar-refractivity contribution in [3.63, 3.8) is 0 Å². The number of nitrogens with one attached hydrogen (secondary N) is 1. The van der Waals surface area contributed by atoms with Gasteiger partial charge in [-0.25, -0.2) is 0 Å². The number of aromatic amines is 1. The number of carbonyl (C=O) groups excluding carboxylic acids is 2. The van der Waals surface area contributed by atoms with Crippen molar-refractivity contribution in [1.29, 1.82) is 0 Å². The molecule has 2 N–H and O–H groups in total. The van der Waals surface area contributed by atoms with Gasteiger partial charge >= 0.3 is 0 Å². The largest absolute Gasteiger partial charge is 0.507 e. The van der Waals surface area contributed by atoms with E-state index in [1.165, 1.54) is 12.0 Å². The second-order valence-electron chi connectivity index (χ2n) is 10.5. The molecule has 0 spiro atoms. The lowest BCUT2D eigenvalue weighted by atomic mass is 9.85. The lowest BCUT2D eigenvalue weighted by Crippen LogP contribution is -2.29. The molecule has 1 fully saturated rings. The Morgan fingerprint density at radius 2 is 1.76 bits per heavy atom. The normalized spacial score (nSPS) is 17.4. The topological polar surface area (TPSA) is 82.6 Å². The lowest BCUT2D eigenvalue weighted by Gasteiger charge is -2.26. The van der Waals surface area contributed by atoms with Gasteiger partial charge in [0.15, 0.2) is 0 Å². The Kier molecular flexibility index (Phi) is 6.32. The standard InChI is InChI=1S/C31H29ClN2O4/c1-17-25(21-11-6-7-12-23(21)33-17)27-26(29(36)30(37)34(27)20-10-8-9-19(32)16-20)28(35)22-15-18(31(2,3)4)13-14-24(22)38-5/h6-16,27,33,35H,1-5H3/b28-26+. The van der Waals surface area contributed by atoms with Crippen molar-refractivity contribution in [2.45, 2.75) is 39.2 Å². The van der Waals surface area contributed by atoms with Gasteiger partial charge in [-0.2, -0.15) is 0 Å². The molecule has 38 heavy (non-hydrogen) atoms. The Bertz CT molecular complexity index is 1630. The van der Waals surface area contributed by atoms with E-state index in [0.29, 0.717) is 22.0 Å². The van der Waals surface area contributed by atoms with Crippen LogP contribution in [0.5, 0.6) is 5.75 Å². The SMILES string of the molecule is COc1ccc(C(C)(C)C)cc1/C(O)=C1\C(=O)C(=O)N(c2cccc(Cl)c2)C1c1c(C)[nH]c2ccccc12. The van der Waals surface area contributed by atoms with Crippen LogP contribution in [0.15, 0.2) is 72.3 Å². The van der Waals surface area contributed by atoms with E-state index in [1.807, 2.05) is 43.3 Å². The summed E-state index contributed by atoms with van der Waals surface area (Å²) in [5, 5.41) is 13.1. The Morgan fingerprint density at radius 3 is 2.45 bits per heavy atom. The third-order valence-electron chi connectivity index (χ3n) is 7.07. The van der Waals surface area contributed by atoms with Gasteiger partial charge < -0.3 is 14.8 Å². The number of aliphatic hydroxyl groups excluding tert-OH is 1. The van der Waals surface area contributed by atoms with Gasteiger partial charge in [0.05, 0.1) is 24.3 Å². The predicted molar refractivity (Wildman–Crippen MR) is 151 cm³/mol. The number of hydrogen-bond acceptors (Lipinski definition) is 4. The second kappa shape index (κ2) is 9.37. The highest BCUT2D eigenvalue weighted by Gasteiger charge is 2.48. The lowest BCUT2D eigenvalue weighted by molar-refractivity contribution is -0.132. The first-order valence-electron chi connectivity index (χ1n) is 12.4. The Morgan fingerprint density at radius 1 is 1.03 bits per heavy atom. The number of ketones is 1. The molecule has 3 aromatic carbocycles. The van der Waals surface area contributed by atoms with Gasteiger partial charge in [-0.15, -0.1) is 0 Å². The average molecular weight is 529 g/mol. The van der Waals surface area contributed by atoms with Crippen LogP contribution < -0.4 is 9.64 Å². The molecule has 194 valence electrons. The number of aryl methyl sites for hydroxylation is 1. The first-order chi connectivity index (χ1) is 18.0. The zero-order valence-electron chi connectivity index (χ0n) is 21.9. The van der Waals surface area contributed by atoms with E-state index in [0.717, 1.165) is 27.7 Å². The first kappa shape index (κ1) is 25.6. The monoisotopic (exact) mass is 528 g/mol. The number of aromatic nitrogens is 1. The number of Topliss-reactive ketones (excluding diaryl/α,β-unsaturated/α-hetero) is 1. The summed E-state index contributed by atoms with van der Waals surface area (Å²) >= 11 is 6.29. The minimum Gasteiger partial charge on any atom is -0.507 e. The minimum absolute atomic E-state index is 0.00723. The van der Waals surface area contributed by atoms with Gasteiger partial charge in [-0.05, 0) is 54.3 Å². The maximum Gasteiger partial charge on any atom is 0.300 e. The van der Waals surface area contributed by atoms with Gasteiger partial charge in [0.25, 0.3) is 11.7 Å². The molecular formula is C31H29ClN2O4. The Hall–Kier alpha value is -4.03. The summed E-state index contributed by atoms with van der Waals surface area (Å²) < 4.78 is 5.58. The van der Waals surface area contributed by atoms with E-state index >= 15 is 0 Å². The molecule has 5 rings (SSSR count). The van der Waals surface area contributed by atoms with Crippen molar-refractivity contribution in [3.8, 4) is 5.75 Å².